The lowest BCUT2D eigenvalue weighted by atomic mass is 10.1. The third-order valence-electron chi connectivity index (χ3n) is 3.14. The van der Waals surface area contributed by atoms with E-state index in [-0.39, 0.29) is 0 Å². The van der Waals surface area contributed by atoms with Crippen molar-refractivity contribution in [1.82, 2.24) is 4.90 Å². The Morgan fingerprint density at radius 3 is 2.71 bits per heavy atom. The molecule has 0 aromatic heterocycles. The number of amidine groups is 1. The Kier molecular flexibility index (Phi) is 2.78. The van der Waals surface area contributed by atoms with Crippen molar-refractivity contribution in [1.29, 1.82) is 5.41 Å². The van der Waals surface area contributed by atoms with E-state index < -0.39 is 0 Å². The van der Waals surface area contributed by atoms with Crippen LogP contribution in [0.4, 0.5) is 0 Å². The van der Waals surface area contributed by atoms with Crippen molar-refractivity contribution in [2.45, 2.75) is 37.9 Å². The Balaban J connectivity index is 1.91. The van der Waals surface area contributed by atoms with Gasteiger partial charge in [-0.25, -0.2) is 0 Å². The van der Waals surface area contributed by atoms with Crippen molar-refractivity contribution < 1.29 is 0 Å². The van der Waals surface area contributed by atoms with E-state index in [4.69, 9.17) is 5.41 Å². The van der Waals surface area contributed by atoms with E-state index in [1.807, 2.05) is 0 Å². The summed E-state index contributed by atoms with van der Waals surface area (Å²) in [5, 5.41) is 8.04. The topological polar surface area (TPSA) is 27.1 Å². The average molecular weight is 212 g/mol. The van der Waals surface area contributed by atoms with Crippen LogP contribution in [0.2, 0.25) is 0 Å². The van der Waals surface area contributed by atoms with E-state index in [1.165, 1.54) is 25.0 Å². The van der Waals surface area contributed by atoms with Crippen molar-refractivity contribution >= 4 is 17.6 Å². The molecule has 0 atom stereocenters. The van der Waals surface area contributed by atoms with E-state index in [2.05, 4.69) is 30.5 Å². The molecule has 1 N–H and O–H groups in total. The van der Waals surface area contributed by atoms with Gasteiger partial charge in [0.05, 0.1) is 5.84 Å². The first-order valence-corrected chi connectivity index (χ1v) is 6.54. The molecule has 80 valence electrons. The summed E-state index contributed by atoms with van der Waals surface area (Å²) in [7, 11) is 0. The molecular formula is C11H20N2S. The fourth-order valence-electron chi connectivity index (χ4n) is 1.88. The zero-order valence-electron chi connectivity index (χ0n) is 9.18. The zero-order chi connectivity index (χ0) is 10.2. The van der Waals surface area contributed by atoms with Crippen LogP contribution >= 0.6 is 11.8 Å². The second kappa shape index (κ2) is 3.76. The normalized spacial score (nSPS) is 27.1. The highest BCUT2D eigenvalue weighted by Crippen LogP contribution is 2.35. The maximum Gasteiger partial charge on any atom is 0.0989 e. The molecule has 0 aromatic carbocycles. The van der Waals surface area contributed by atoms with Gasteiger partial charge in [0.15, 0.2) is 0 Å². The van der Waals surface area contributed by atoms with Crippen LogP contribution in [0.25, 0.3) is 0 Å². The lowest BCUT2D eigenvalue weighted by Crippen LogP contribution is -2.34. The predicted molar refractivity (Wildman–Crippen MR) is 63.2 cm³/mol. The van der Waals surface area contributed by atoms with Gasteiger partial charge in [0.2, 0.25) is 0 Å². The van der Waals surface area contributed by atoms with Crippen LogP contribution in [0, 0.1) is 11.3 Å². The first-order chi connectivity index (χ1) is 6.58. The summed E-state index contributed by atoms with van der Waals surface area (Å²) >= 11 is 2.06. The van der Waals surface area contributed by atoms with Crippen LogP contribution in [0.15, 0.2) is 0 Å². The SMILES string of the molecule is CC1(C)CCN(C(=N)C2CC2)CCS1. The van der Waals surface area contributed by atoms with Crippen LogP contribution in [0.1, 0.15) is 33.1 Å². The van der Waals surface area contributed by atoms with Gasteiger partial charge in [0.25, 0.3) is 0 Å². The molecule has 1 aliphatic carbocycles. The third-order valence-corrected chi connectivity index (χ3v) is 4.51. The summed E-state index contributed by atoms with van der Waals surface area (Å²) in [6.45, 7) is 6.82. The van der Waals surface area contributed by atoms with E-state index >= 15 is 0 Å². The lowest BCUT2D eigenvalue weighted by Gasteiger charge is -2.24. The Bertz CT molecular complexity index is 233. The van der Waals surface area contributed by atoms with Crippen LogP contribution < -0.4 is 0 Å². The van der Waals surface area contributed by atoms with Crippen molar-refractivity contribution in [2.24, 2.45) is 5.92 Å². The number of rotatable bonds is 1. The summed E-state index contributed by atoms with van der Waals surface area (Å²) < 4.78 is 0.415. The van der Waals surface area contributed by atoms with Gasteiger partial charge in [-0.2, -0.15) is 11.8 Å². The molecule has 0 unspecified atom stereocenters. The van der Waals surface area contributed by atoms with E-state index in [0.717, 1.165) is 18.9 Å². The monoisotopic (exact) mass is 212 g/mol. The second-order valence-electron chi connectivity index (χ2n) is 5.00. The van der Waals surface area contributed by atoms with E-state index in [0.29, 0.717) is 10.7 Å². The summed E-state index contributed by atoms with van der Waals surface area (Å²) in [4.78, 5) is 2.30. The minimum Gasteiger partial charge on any atom is -0.359 e. The lowest BCUT2D eigenvalue weighted by molar-refractivity contribution is 0.410. The zero-order valence-corrected chi connectivity index (χ0v) is 9.99. The van der Waals surface area contributed by atoms with E-state index in [1.54, 1.807) is 0 Å². The fourth-order valence-corrected chi connectivity index (χ4v) is 2.98. The largest absolute Gasteiger partial charge is 0.359 e. The number of hydrogen-bond acceptors (Lipinski definition) is 2. The molecule has 0 radical (unpaired) electrons. The average Bonchev–Trinajstić information content (AvgIpc) is 2.90. The standard InChI is InChI=1S/C11H20N2S/c1-11(2)5-6-13(7-8-14-11)10(12)9-3-4-9/h9,12H,3-8H2,1-2H3. The van der Waals surface area contributed by atoms with Crippen molar-refractivity contribution in [3.63, 3.8) is 0 Å². The molecule has 0 bridgehead atoms. The molecule has 2 aliphatic rings. The highest BCUT2D eigenvalue weighted by atomic mass is 32.2. The van der Waals surface area contributed by atoms with Crippen LogP contribution in [0.5, 0.6) is 0 Å². The van der Waals surface area contributed by atoms with Gasteiger partial charge in [-0.1, -0.05) is 13.8 Å². The molecule has 14 heavy (non-hydrogen) atoms. The van der Waals surface area contributed by atoms with Gasteiger partial charge in [-0.15, -0.1) is 0 Å². The maximum atomic E-state index is 8.04. The molecule has 2 nitrogen and oxygen atoms in total. The van der Waals surface area contributed by atoms with Gasteiger partial charge in [-0.3, -0.25) is 5.41 Å². The Morgan fingerprint density at radius 1 is 1.36 bits per heavy atom. The van der Waals surface area contributed by atoms with Gasteiger partial charge >= 0.3 is 0 Å². The smallest absolute Gasteiger partial charge is 0.0989 e. The van der Waals surface area contributed by atoms with Crippen LogP contribution in [-0.4, -0.2) is 34.3 Å². The molecular weight excluding hydrogens is 192 g/mol. The number of thioether (sulfide) groups is 1. The molecule has 1 heterocycles. The molecule has 1 saturated heterocycles. The number of nitrogens with one attached hydrogen (secondary N) is 1. The summed E-state index contributed by atoms with van der Waals surface area (Å²) in [6.07, 6.45) is 3.73. The van der Waals surface area contributed by atoms with Crippen LogP contribution in [-0.2, 0) is 0 Å². The van der Waals surface area contributed by atoms with Gasteiger partial charge in [0.1, 0.15) is 0 Å². The summed E-state index contributed by atoms with van der Waals surface area (Å²) in [5.41, 5.74) is 0. The number of hydrogen-bond donors (Lipinski definition) is 1. The third kappa shape index (κ3) is 2.44. The van der Waals surface area contributed by atoms with Crippen molar-refractivity contribution in [3.05, 3.63) is 0 Å². The molecule has 2 fully saturated rings. The highest BCUT2D eigenvalue weighted by Gasteiger charge is 2.32. The Labute approximate surface area is 90.9 Å². The molecule has 3 heteroatoms. The summed E-state index contributed by atoms with van der Waals surface area (Å²) in [5.74, 6) is 2.71. The first-order valence-electron chi connectivity index (χ1n) is 5.56. The molecule has 0 aromatic rings. The van der Waals surface area contributed by atoms with Gasteiger partial charge < -0.3 is 4.90 Å². The highest BCUT2D eigenvalue weighted by molar-refractivity contribution is 8.00. The quantitative estimate of drug-likeness (QED) is 0.534. The molecule has 1 saturated carbocycles. The molecule has 0 amide bonds. The summed E-state index contributed by atoms with van der Waals surface area (Å²) in [6, 6.07) is 0. The minimum absolute atomic E-state index is 0.415. The van der Waals surface area contributed by atoms with Crippen LogP contribution in [0.3, 0.4) is 0 Å². The van der Waals surface area contributed by atoms with Gasteiger partial charge in [-0.05, 0) is 19.3 Å². The molecule has 1 aliphatic heterocycles. The fraction of sp³-hybridized carbons (Fsp3) is 0.909. The van der Waals surface area contributed by atoms with E-state index in [9.17, 15) is 0 Å². The number of nitrogens with zero attached hydrogens (tertiary/aromatic N) is 1. The minimum atomic E-state index is 0.415. The molecule has 0 spiro atoms. The Hall–Kier alpha value is -0.180. The Morgan fingerprint density at radius 2 is 2.07 bits per heavy atom. The predicted octanol–water partition coefficient (Wildman–Crippen LogP) is 2.59. The molecule has 2 rings (SSSR count). The first kappa shape index (κ1) is 10.3. The second-order valence-corrected chi connectivity index (χ2v) is 6.81. The van der Waals surface area contributed by atoms with Gasteiger partial charge in [0, 0.05) is 29.5 Å². The van der Waals surface area contributed by atoms with Crippen molar-refractivity contribution in [3.8, 4) is 0 Å². The van der Waals surface area contributed by atoms with Crippen molar-refractivity contribution in [2.75, 3.05) is 18.8 Å². The maximum absolute atomic E-state index is 8.04.